The molecule has 0 aliphatic carbocycles. The first-order valence-electron chi connectivity index (χ1n) is 8.48. The molecule has 0 atom stereocenters. The number of rotatable bonds is 5. The molecular weight excluding hydrogens is 382 g/mol. The number of oxazole rings is 1. The fourth-order valence-electron chi connectivity index (χ4n) is 2.52. The minimum Gasteiger partial charge on any atom is -0.448 e. The van der Waals surface area contributed by atoms with Gasteiger partial charge in [0.05, 0.1) is 4.90 Å². The number of sulfonamides is 1. The largest absolute Gasteiger partial charge is 0.448 e. The van der Waals surface area contributed by atoms with Crippen molar-refractivity contribution in [3.63, 3.8) is 0 Å². The van der Waals surface area contributed by atoms with Gasteiger partial charge in [0.1, 0.15) is 12.0 Å². The van der Waals surface area contributed by atoms with Gasteiger partial charge in [0.2, 0.25) is 5.95 Å². The van der Waals surface area contributed by atoms with Gasteiger partial charge in [-0.3, -0.25) is 5.32 Å². The highest BCUT2D eigenvalue weighted by Crippen LogP contribution is 2.22. The highest BCUT2D eigenvalue weighted by atomic mass is 32.2. The van der Waals surface area contributed by atoms with Gasteiger partial charge in [-0.05, 0) is 32.0 Å². The summed E-state index contributed by atoms with van der Waals surface area (Å²) in [4.78, 5) is 24.4. The van der Waals surface area contributed by atoms with Crippen LogP contribution in [0.15, 0.2) is 45.9 Å². The molecule has 0 aliphatic rings. The van der Waals surface area contributed by atoms with E-state index in [0.717, 1.165) is 0 Å². The molecule has 2 amide bonds. The van der Waals surface area contributed by atoms with Crippen molar-refractivity contribution in [1.29, 1.82) is 0 Å². The highest BCUT2D eigenvalue weighted by molar-refractivity contribution is 7.90. The van der Waals surface area contributed by atoms with Gasteiger partial charge < -0.3 is 4.42 Å². The van der Waals surface area contributed by atoms with E-state index in [1.807, 2.05) is 11.6 Å². The Morgan fingerprint density at radius 2 is 1.82 bits per heavy atom. The third kappa shape index (κ3) is 4.52. The predicted molar refractivity (Wildman–Crippen MR) is 102 cm³/mol. The van der Waals surface area contributed by atoms with Crippen LogP contribution in [0.2, 0.25) is 0 Å². The molecule has 0 bridgehead atoms. The number of urea groups is 1. The van der Waals surface area contributed by atoms with Crippen LogP contribution in [-0.2, 0) is 16.4 Å². The van der Waals surface area contributed by atoms with E-state index >= 15 is 0 Å². The van der Waals surface area contributed by atoms with Gasteiger partial charge in [0.25, 0.3) is 10.0 Å². The first-order chi connectivity index (χ1) is 13.3. The van der Waals surface area contributed by atoms with Crippen molar-refractivity contribution in [2.45, 2.75) is 32.1 Å². The Labute approximate surface area is 162 Å². The molecule has 3 rings (SSSR count). The summed E-state index contributed by atoms with van der Waals surface area (Å²) in [5.41, 5.74) is 2.38. The minimum absolute atomic E-state index is 0.0219. The van der Waals surface area contributed by atoms with Gasteiger partial charge in [0, 0.05) is 23.4 Å². The van der Waals surface area contributed by atoms with Crippen LogP contribution < -0.4 is 10.0 Å². The molecule has 9 nitrogen and oxygen atoms in total. The monoisotopic (exact) mass is 401 g/mol. The average molecular weight is 401 g/mol. The summed E-state index contributed by atoms with van der Waals surface area (Å²) in [6, 6.07) is 6.85. The van der Waals surface area contributed by atoms with Crippen molar-refractivity contribution < 1.29 is 17.6 Å². The second kappa shape index (κ2) is 7.77. The SMILES string of the molecule is CCc1nc(-c2cccc(S(=O)(=O)NC(=O)Nc3nc(C)cc(C)n3)c2)co1. The summed E-state index contributed by atoms with van der Waals surface area (Å²) in [6.07, 6.45) is 2.09. The number of amides is 2. The third-order valence-electron chi connectivity index (χ3n) is 3.73. The number of hydrogen-bond acceptors (Lipinski definition) is 7. The third-order valence-corrected chi connectivity index (χ3v) is 5.06. The number of benzene rings is 1. The van der Waals surface area contributed by atoms with E-state index in [1.54, 1.807) is 32.0 Å². The summed E-state index contributed by atoms with van der Waals surface area (Å²) in [7, 11) is -4.11. The standard InChI is InChI=1S/C18H19N5O4S/c1-4-16-21-15(10-27-16)13-6-5-7-14(9-13)28(25,26)23-18(24)22-17-19-11(2)8-12(3)20-17/h5-10H,4H2,1-3H3,(H2,19,20,22,23,24). The Morgan fingerprint density at radius 3 is 2.46 bits per heavy atom. The number of anilines is 1. The lowest BCUT2D eigenvalue weighted by atomic mass is 10.2. The summed E-state index contributed by atoms with van der Waals surface area (Å²) in [5, 5.41) is 2.33. The van der Waals surface area contributed by atoms with E-state index in [9.17, 15) is 13.2 Å². The number of carbonyl (C=O) groups excluding carboxylic acids is 1. The molecule has 0 saturated carbocycles. The van der Waals surface area contributed by atoms with Crippen LogP contribution in [0, 0.1) is 13.8 Å². The second-order valence-electron chi connectivity index (χ2n) is 6.04. The lowest BCUT2D eigenvalue weighted by Crippen LogP contribution is -2.35. The van der Waals surface area contributed by atoms with Crippen molar-refractivity contribution in [1.82, 2.24) is 19.7 Å². The average Bonchev–Trinajstić information content (AvgIpc) is 3.09. The van der Waals surface area contributed by atoms with E-state index in [1.165, 1.54) is 18.4 Å². The fraction of sp³-hybridized carbons (Fsp3) is 0.222. The van der Waals surface area contributed by atoms with Gasteiger partial charge in [-0.15, -0.1) is 0 Å². The first kappa shape index (κ1) is 19.5. The molecule has 0 fully saturated rings. The maximum atomic E-state index is 12.6. The molecule has 0 spiro atoms. The summed E-state index contributed by atoms with van der Waals surface area (Å²) in [6.45, 7) is 5.39. The van der Waals surface area contributed by atoms with Gasteiger partial charge >= 0.3 is 6.03 Å². The molecule has 10 heteroatoms. The minimum atomic E-state index is -4.11. The number of aryl methyl sites for hydroxylation is 3. The molecule has 146 valence electrons. The van der Waals surface area contributed by atoms with Gasteiger partial charge in [-0.2, -0.15) is 0 Å². The van der Waals surface area contributed by atoms with Crippen LogP contribution in [0.3, 0.4) is 0 Å². The van der Waals surface area contributed by atoms with Crippen molar-refractivity contribution in [3.8, 4) is 11.3 Å². The summed E-state index contributed by atoms with van der Waals surface area (Å²) in [5.74, 6) is 0.572. The molecule has 0 saturated heterocycles. The highest BCUT2D eigenvalue weighted by Gasteiger charge is 2.19. The summed E-state index contributed by atoms with van der Waals surface area (Å²) < 4.78 is 32.4. The molecular formula is C18H19N5O4S. The normalized spacial score (nSPS) is 11.2. The number of nitrogens with zero attached hydrogens (tertiary/aromatic N) is 3. The Kier molecular flexibility index (Phi) is 5.41. The van der Waals surface area contributed by atoms with Crippen LogP contribution in [0.25, 0.3) is 11.3 Å². The lowest BCUT2D eigenvalue weighted by molar-refractivity contribution is 0.256. The molecule has 2 N–H and O–H groups in total. The van der Waals surface area contributed by atoms with E-state index < -0.39 is 16.1 Å². The van der Waals surface area contributed by atoms with E-state index in [-0.39, 0.29) is 10.8 Å². The van der Waals surface area contributed by atoms with E-state index in [4.69, 9.17) is 4.42 Å². The van der Waals surface area contributed by atoms with Crippen LogP contribution in [-0.4, -0.2) is 29.4 Å². The predicted octanol–water partition coefficient (Wildman–Crippen LogP) is 2.82. The smallest absolute Gasteiger partial charge is 0.335 e. The van der Waals surface area contributed by atoms with Crippen molar-refractivity contribution in [2.75, 3.05) is 5.32 Å². The molecule has 0 radical (unpaired) electrons. The fourth-order valence-corrected chi connectivity index (χ4v) is 3.47. The molecule has 0 unspecified atom stereocenters. The number of nitrogens with one attached hydrogen (secondary N) is 2. The number of carbonyl (C=O) groups is 1. The van der Waals surface area contributed by atoms with Crippen molar-refractivity contribution in [2.24, 2.45) is 0 Å². The number of aromatic nitrogens is 3. The topological polar surface area (TPSA) is 127 Å². The van der Waals surface area contributed by atoms with Crippen molar-refractivity contribution in [3.05, 3.63) is 53.9 Å². The Morgan fingerprint density at radius 1 is 1.11 bits per heavy atom. The van der Waals surface area contributed by atoms with Crippen LogP contribution in [0.4, 0.5) is 10.7 Å². The maximum absolute atomic E-state index is 12.6. The zero-order valence-corrected chi connectivity index (χ0v) is 16.4. The van der Waals surface area contributed by atoms with Crippen molar-refractivity contribution >= 4 is 22.0 Å². The molecule has 28 heavy (non-hydrogen) atoms. The van der Waals surface area contributed by atoms with E-state index in [2.05, 4.69) is 20.3 Å². The summed E-state index contributed by atoms with van der Waals surface area (Å²) >= 11 is 0. The molecule has 2 heterocycles. The van der Waals surface area contributed by atoms with Gasteiger partial charge in [-0.1, -0.05) is 19.1 Å². The Hall–Kier alpha value is -3.27. The Balaban J connectivity index is 1.78. The second-order valence-corrected chi connectivity index (χ2v) is 7.72. The van der Waals surface area contributed by atoms with Crippen LogP contribution in [0.5, 0.6) is 0 Å². The molecule has 3 aromatic rings. The maximum Gasteiger partial charge on any atom is 0.335 e. The Bertz CT molecular complexity index is 1100. The first-order valence-corrected chi connectivity index (χ1v) is 9.96. The lowest BCUT2D eigenvalue weighted by Gasteiger charge is -2.09. The quantitative estimate of drug-likeness (QED) is 0.673. The van der Waals surface area contributed by atoms with Gasteiger partial charge in [-0.25, -0.2) is 32.9 Å². The molecule has 2 aromatic heterocycles. The van der Waals surface area contributed by atoms with Crippen LogP contribution >= 0.6 is 0 Å². The zero-order valence-electron chi connectivity index (χ0n) is 15.6. The molecule has 1 aromatic carbocycles. The van der Waals surface area contributed by atoms with Gasteiger partial charge in [0.15, 0.2) is 5.89 Å². The zero-order chi connectivity index (χ0) is 20.3. The van der Waals surface area contributed by atoms with E-state index in [0.29, 0.717) is 35.0 Å². The van der Waals surface area contributed by atoms with Crippen LogP contribution in [0.1, 0.15) is 24.2 Å². The number of hydrogen-bond donors (Lipinski definition) is 2. The molecule has 0 aliphatic heterocycles.